The third kappa shape index (κ3) is 2.07. The average Bonchev–Trinajstić information content (AvgIpc) is 2.76. The first kappa shape index (κ1) is 10.7. The summed E-state index contributed by atoms with van der Waals surface area (Å²) in [5.41, 5.74) is 3.11. The molecule has 0 amide bonds. The van der Waals surface area contributed by atoms with Crippen LogP contribution >= 0.6 is 0 Å². The first-order chi connectivity index (χ1) is 7.36. The second kappa shape index (κ2) is 4.80. The molecule has 1 aliphatic rings. The van der Waals surface area contributed by atoms with Gasteiger partial charge in [-0.25, -0.2) is 0 Å². The minimum atomic E-state index is 0.692. The summed E-state index contributed by atoms with van der Waals surface area (Å²) in [5, 5.41) is 3.61. The number of benzene rings is 1. The van der Waals surface area contributed by atoms with Gasteiger partial charge in [-0.3, -0.25) is 0 Å². The van der Waals surface area contributed by atoms with Gasteiger partial charge in [-0.2, -0.15) is 0 Å². The maximum absolute atomic E-state index is 3.61. The van der Waals surface area contributed by atoms with E-state index in [9.17, 15) is 0 Å². The van der Waals surface area contributed by atoms with E-state index < -0.39 is 0 Å². The van der Waals surface area contributed by atoms with Gasteiger partial charge in [0.1, 0.15) is 0 Å². The Labute approximate surface area is 92.9 Å². The standard InChI is InChI=1S/C14H21N/c1-3-11-7-5-6-8-12(11)13-9-10-15-14(13)4-2/h5-8,13-15H,3-4,9-10H2,1-2H3. The second-order valence-electron chi connectivity index (χ2n) is 4.42. The van der Waals surface area contributed by atoms with Gasteiger partial charge >= 0.3 is 0 Å². The minimum absolute atomic E-state index is 0.692. The molecule has 0 spiro atoms. The van der Waals surface area contributed by atoms with E-state index in [-0.39, 0.29) is 0 Å². The molecule has 1 fully saturated rings. The van der Waals surface area contributed by atoms with Crippen molar-refractivity contribution in [3.05, 3.63) is 35.4 Å². The van der Waals surface area contributed by atoms with Crippen LogP contribution in [0.2, 0.25) is 0 Å². The van der Waals surface area contributed by atoms with Gasteiger partial charge < -0.3 is 5.32 Å². The third-order valence-corrected chi connectivity index (χ3v) is 3.62. The van der Waals surface area contributed by atoms with Crippen molar-refractivity contribution in [2.24, 2.45) is 0 Å². The summed E-state index contributed by atoms with van der Waals surface area (Å²) in [6, 6.07) is 9.63. The second-order valence-corrected chi connectivity index (χ2v) is 4.42. The molecule has 2 atom stereocenters. The number of hydrogen-bond acceptors (Lipinski definition) is 1. The van der Waals surface area contributed by atoms with E-state index in [1.807, 2.05) is 0 Å². The van der Waals surface area contributed by atoms with Crippen LogP contribution in [0.4, 0.5) is 0 Å². The summed E-state index contributed by atoms with van der Waals surface area (Å²) >= 11 is 0. The molecular weight excluding hydrogens is 182 g/mol. The summed E-state index contributed by atoms with van der Waals surface area (Å²) in [5.74, 6) is 0.742. The normalized spacial score (nSPS) is 25.7. The molecule has 0 aromatic heterocycles. The van der Waals surface area contributed by atoms with Gasteiger partial charge in [0.2, 0.25) is 0 Å². The van der Waals surface area contributed by atoms with E-state index in [0.717, 1.165) is 12.3 Å². The lowest BCUT2D eigenvalue weighted by Gasteiger charge is -2.20. The van der Waals surface area contributed by atoms with Crippen molar-refractivity contribution in [3.63, 3.8) is 0 Å². The largest absolute Gasteiger partial charge is 0.313 e. The van der Waals surface area contributed by atoms with Gasteiger partial charge in [0.25, 0.3) is 0 Å². The monoisotopic (exact) mass is 203 g/mol. The number of aryl methyl sites for hydroxylation is 1. The summed E-state index contributed by atoms with van der Waals surface area (Å²) in [6.45, 7) is 5.72. The van der Waals surface area contributed by atoms with Crippen molar-refractivity contribution in [1.82, 2.24) is 5.32 Å². The van der Waals surface area contributed by atoms with Crippen molar-refractivity contribution >= 4 is 0 Å². The predicted molar refractivity (Wildman–Crippen MR) is 65.3 cm³/mol. The summed E-state index contributed by atoms with van der Waals surface area (Å²) in [7, 11) is 0. The Hall–Kier alpha value is -0.820. The summed E-state index contributed by atoms with van der Waals surface area (Å²) in [6.07, 6.45) is 3.70. The lowest BCUT2D eigenvalue weighted by atomic mass is 9.87. The number of rotatable bonds is 3. The van der Waals surface area contributed by atoms with Gasteiger partial charge in [0.15, 0.2) is 0 Å². The lowest BCUT2D eigenvalue weighted by molar-refractivity contribution is 0.529. The van der Waals surface area contributed by atoms with Crippen LogP contribution in [0.5, 0.6) is 0 Å². The van der Waals surface area contributed by atoms with Gasteiger partial charge in [0.05, 0.1) is 0 Å². The highest BCUT2D eigenvalue weighted by atomic mass is 14.9. The molecule has 0 saturated carbocycles. The van der Waals surface area contributed by atoms with Crippen LogP contribution in [0.3, 0.4) is 0 Å². The van der Waals surface area contributed by atoms with E-state index >= 15 is 0 Å². The highest BCUT2D eigenvalue weighted by Gasteiger charge is 2.27. The van der Waals surface area contributed by atoms with E-state index in [1.165, 1.54) is 24.9 Å². The fourth-order valence-corrected chi connectivity index (χ4v) is 2.79. The lowest BCUT2D eigenvalue weighted by Crippen LogP contribution is -2.25. The smallest absolute Gasteiger partial charge is 0.0134 e. The van der Waals surface area contributed by atoms with Crippen LogP contribution in [0.15, 0.2) is 24.3 Å². The van der Waals surface area contributed by atoms with E-state index in [2.05, 4.69) is 43.4 Å². The van der Waals surface area contributed by atoms with E-state index in [1.54, 1.807) is 5.56 Å². The molecule has 1 aliphatic heterocycles. The first-order valence-corrected chi connectivity index (χ1v) is 6.18. The molecule has 0 bridgehead atoms. The Morgan fingerprint density at radius 2 is 2.07 bits per heavy atom. The van der Waals surface area contributed by atoms with Gasteiger partial charge in [0, 0.05) is 12.0 Å². The number of hydrogen-bond donors (Lipinski definition) is 1. The third-order valence-electron chi connectivity index (χ3n) is 3.62. The van der Waals surface area contributed by atoms with Crippen LogP contribution in [0, 0.1) is 0 Å². The van der Waals surface area contributed by atoms with Gasteiger partial charge in [-0.05, 0) is 36.9 Å². The molecule has 15 heavy (non-hydrogen) atoms. The van der Waals surface area contributed by atoms with Crippen molar-refractivity contribution in [2.75, 3.05) is 6.54 Å². The SMILES string of the molecule is CCc1ccccc1C1CCNC1CC. The predicted octanol–water partition coefficient (Wildman–Crippen LogP) is 3.10. The Balaban J connectivity index is 2.27. The molecule has 0 aliphatic carbocycles. The van der Waals surface area contributed by atoms with Crippen LogP contribution in [-0.2, 0) is 6.42 Å². The van der Waals surface area contributed by atoms with Crippen LogP contribution in [-0.4, -0.2) is 12.6 Å². The fraction of sp³-hybridized carbons (Fsp3) is 0.571. The fourth-order valence-electron chi connectivity index (χ4n) is 2.79. The molecule has 1 heteroatoms. The van der Waals surface area contributed by atoms with Crippen molar-refractivity contribution < 1.29 is 0 Å². The molecule has 2 rings (SSSR count). The van der Waals surface area contributed by atoms with Crippen LogP contribution in [0.1, 0.15) is 43.7 Å². The Morgan fingerprint density at radius 1 is 1.27 bits per heavy atom. The van der Waals surface area contributed by atoms with Gasteiger partial charge in [-0.1, -0.05) is 38.1 Å². The zero-order valence-electron chi connectivity index (χ0n) is 9.79. The van der Waals surface area contributed by atoms with E-state index in [4.69, 9.17) is 0 Å². The molecule has 0 radical (unpaired) electrons. The topological polar surface area (TPSA) is 12.0 Å². The Morgan fingerprint density at radius 3 is 2.80 bits per heavy atom. The summed E-state index contributed by atoms with van der Waals surface area (Å²) < 4.78 is 0. The highest BCUT2D eigenvalue weighted by molar-refractivity contribution is 5.32. The summed E-state index contributed by atoms with van der Waals surface area (Å²) in [4.78, 5) is 0. The zero-order valence-corrected chi connectivity index (χ0v) is 9.79. The molecule has 1 aromatic carbocycles. The zero-order chi connectivity index (χ0) is 10.7. The van der Waals surface area contributed by atoms with Crippen molar-refractivity contribution in [2.45, 2.75) is 45.1 Å². The average molecular weight is 203 g/mol. The minimum Gasteiger partial charge on any atom is -0.313 e. The molecule has 1 nitrogen and oxygen atoms in total. The molecule has 1 aromatic rings. The van der Waals surface area contributed by atoms with E-state index in [0.29, 0.717) is 6.04 Å². The van der Waals surface area contributed by atoms with Gasteiger partial charge in [-0.15, -0.1) is 0 Å². The molecule has 82 valence electrons. The Bertz CT molecular complexity index is 319. The first-order valence-electron chi connectivity index (χ1n) is 6.18. The molecule has 1 heterocycles. The number of nitrogens with one attached hydrogen (secondary N) is 1. The maximum atomic E-state index is 3.61. The molecule has 1 saturated heterocycles. The maximum Gasteiger partial charge on any atom is 0.0134 e. The highest BCUT2D eigenvalue weighted by Crippen LogP contribution is 2.31. The quantitative estimate of drug-likeness (QED) is 0.796. The molecule has 2 unspecified atom stereocenters. The van der Waals surface area contributed by atoms with Crippen molar-refractivity contribution in [1.29, 1.82) is 0 Å². The molecule has 1 N–H and O–H groups in total. The van der Waals surface area contributed by atoms with Crippen molar-refractivity contribution in [3.8, 4) is 0 Å². The Kier molecular flexibility index (Phi) is 3.42. The van der Waals surface area contributed by atoms with Crippen LogP contribution in [0.25, 0.3) is 0 Å². The van der Waals surface area contributed by atoms with Crippen LogP contribution < -0.4 is 5.32 Å². The molecular formula is C14H21N.